The minimum absolute atomic E-state index is 0.0426. The van der Waals surface area contributed by atoms with E-state index in [-0.39, 0.29) is 6.61 Å². The first-order valence-electron chi connectivity index (χ1n) is 6.11. The van der Waals surface area contributed by atoms with Gasteiger partial charge in [0.15, 0.2) is 0 Å². The summed E-state index contributed by atoms with van der Waals surface area (Å²) in [5.41, 5.74) is 1.95. The standard InChI is InChI=1S/C14H16ClNO2S/c1-3-12-13(7-17)19-14(16-12)8-18-10-4-5-11(15)9(2)6-10/h4-6,17H,3,7-8H2,1-2H3. The van der Waals surface area contributed by atoms with Crippen molar-refractivity contribution in [2.75, 3.05) is 0 Å². The molecule has 0 atom stereocenters. The summed E-state index contributed by atoms with van der Waals surface area (Å²) in [7, 11) is 0. The molecule has 102 valence electrons. The molecule has 0 radical (unpaired) electrons. The second-order valence-corrected chi connectivity index (χ2v) is 5.76. The Balaban J connectivity index is 2.05. The smallest absolute Gasteiger partial charge is 0.140 e. The lowest BCUT2D eigenvalue weighted by Crippen LogP contribution is -1.95. The summed E-state index contributed by atoms with van der Waals surface area (Å²) in [4.78, 5) is 5.39. The maximum atomic E-state index is 9.23. The van der Waals surface area contributed by atoms with Crippen LogP contribution in [0.4, 0.5) is 0 Å². The zero-order valence-corrected chi connectivity index (χ0v) is 12.5. The first-order chi connectivity index (χ1) is 9.13. The lowest BCUT2D eigenvalue weighted by atomic mass is 10.2. The van der Waals surface area contributed by atoms with E-state index in [4.69, 9.17) is 16.3 Å². The number of aliphatic hydroxyl groups excluding tert-OH is 1. The number of thiazole rings is 1. The molecular formula is C14H16ClNO2S. The number of aromatic nitrogens is 1. The number of hydrogen-bond acceptors (Lipinski definition) is 4. The van der Waals surface area contributed by atoms with Gasteiger partial charge >= 0.3 is 0 Å². The summed E-state index contributed by atoms with van der Waals surface area (Å²) in [6.45, 7) is 4.43. The predicted octanol–water partition coefficient (Wildman–Crippen LogP) is 3.74. The molecule has 1 heterocycles. The number of aryl methyl sites for hydroxylation is 2. The van der Waals surface area contributed by atoms with E-state index in [1.165, 1.54) is 11.3 Å². The van der Waals surface area contributed by atoms with Crippen LogP contribution >= 0.6 is 22.9 Å². The fraction of sp³-hybridized carbons (Fsp3) is 0.357. The van der Waals surface area contributed by atoms with Gasteiger partial charge in [0.2, 0.25) is 0 Å². The predicted molar refractivity (Wildman–Crippen MR) is 77.9 cm³/mol. The SMILES string of the molecule is CCc1nc(COc2ccc(Cl)c(C)c2)sc1CO. The van der Waals surface area contributed by atoms with Gasteiger partial charge in [0, 0.05) is 5.02 Å². The number of nitrogens with zero attached hydrogens (tertiary/aromatic N) is 1. The van der Waals surface area contributed by atoms with Crippen molar-refractivity contribution in [2.24, 2.45) is 0 Å². The first kappa shape index (κ1) is 14.3. The Morgan fingerprint density at radius 3 is 2.79 bits per heavy atom. The molecule has 0 unspecified atom stereocenters. The molecule has 3 nitrogen and oxygen atoms in total. The van der Waals surface area contributed by atoms with Gasteiger partial charge in [0.05, 0.1) is 17.2 Å². The van der Waals surface area contributed by atoms with Gasteiger partial charge in [0.1, 0.15) is 17.4 Å². The van der Waals surface area contributed by atoms with Crippen LogP contribution in [0, 0.1) is 6.92 Å². The number of halogens is 1. The lowest BCUT2D eigenvalue weighted by molar-refractivity contribution is 0.284. The van der Waals surface area contributed by atoms with E-state index in [0.717, 1.165) is 38.3 Å². The van der Waals surface area contributed by atoms with Crippen molar-refractivity contribution in [2.45, 2.75) is 33.5 Å². The topological polar surface area (TPSA) is 42.4 Å². The Hall–Kier alpha value is -1.10. The normalized spacial score (nSPS) is 10.7. The molecule has 0 spiro atoms. The Labute approximate surface area is 121 Å². The minimum Gasteiger partial charge on any atom is -0.486 e. The molecule has 5 heteroatoms. The quantitative estimate of drug-likeness (QED) is 0.914. The van der Waals surface area contributed by atoms with E-state index in [2.05, 4.69) is 4.98 Å². The molecule has 0 aliphatic heterocycles. The lowest BCUT2D eigenvalue weighted by Gasteiger charge is -2.05. The maximum Gasteiger partial charge on any atom is 0.140 e. The van der Waals surface area contributed by atoms with Crippen molar-refractivity contribution in [3.63, 3.8) is 0 Å². The molecule has 0 saturated heterocycles. The van der Waals surface area contributed by atoms with Crippen molar-refractivity contribution >= 4 is 22.9 Å². The largest absolute Gasteiger partial charge is 0.486 e. The number of hydrogen-bond donors (Lipinski definition) is 1. The third-order valence-corrected chi connectivity index (χ3v) is 4.27. The molecule has 0 aliphatic rings. The van der Waals surface area contributed by atoms with Gasteiger partial charge in [-0.05, 0) is 37.1 Å². The Morgan fingerprint density at radius 2 is 2.21 bits per heavy atom. The molecule has 0 saturated carbocycles. The Morgan fingerprint density at radius 1 is 1.42 bits per heavy atom. The van der Waals surface area contributed by atoms with Gasteiger partial charge in [-0.15, -0.1) is 11.3 Å². The molecule has 1 N–H and O–H groups in total. The number of benzene rings is 1. The van der Waals surface area contributed by atoms with E-state index >= 15 is 0 Å². The van der Waals surface area contributed by atoms with Crippen LogP contribution in [-0.2, 0) is 19.6 Å². The third kappa shape index (κ3) is 3.47. The zero-order chi connectivity index (χ0) is 13.8. The molecule has 2 rings (SSSR count). The second kappa shape index (κ2) is 6.37. The highest BCUT2D eigenvalue weighted by molar-refractivity contribution is 7.11. The summed E-state index contributed by atoms with van der Waals surface area (Å²) in [5, 5.41) is 10.8. The molecule has 0 amide bonds. The van der Waals surface area contributed by atoms with E-state index in [0.29, 0.717) is 6.61 Å². The van der Waals surface area contributed by atoms with Crippen LogP contribution in [0.5, 0.6) is 5.75 Å². The van der Waals surface area contributed by atoms with Crippen molar-refractivity contribution < 1.29 is 9.84 Å². The number of ether oxygens (including phenoxy) is 1. The average molecular weight is 298 g/mol. The molecular weight excluding hydrogens is 282 g/mol. The van der Waals surface area contributed by atoms with Crippen LogP contribution in [0.25, 0.3) is 0 Å². The van der Waals surface area contributed by atoms with E-state index in [1.807, 2.05) is 32.0 Å². The maximum absolute atomic E-state index is 9.23. The number of aliphatic hydroxyl groups is 1. The molecule has 19 heavy (non-hydrogen) atoms. The van der Waals surface area contributed by atoms with Crippen molar-refractivity contribution in [3.8, 4) is 5.75 Å². The second-order valence-electron chi connectivity index (χ2n) is 4.19. The summed E-state index contributed by atoms with van der Waals surface area (Å²) in [5.74, 6) is 0.778. The summed E-state index contributed by atoms with van der Waals surface area (Å²) in [6.07, 6.45) is 0.826. The van der Waals surface area contributed by atoms with Gasteiger partial charge in [-0.2, -0.15) is 0 Å². The summed E-state index contributed by atoms with van der Waals surface area (Å²) < 4.78 is 5.69. The fourth-order valence-corrected chi connectivity index (χ4v) is 2.80. The molecule has 2 aromatic rings. The Bertz CT molecular complexity index is 547. The van der Waals surface area contributed by atoms with Gasteiger partial charge in [-0.1, -0.05) is 18.5 Å². The Kier molecular flexibility index (Phi) is 4.80. The highest BCUT2D eigenvalue weighted by Crippen LogP contribution is 2.24. The average Bonchev–Trinajstić information content (AvgIpc) is 2.82. The van der Waals surface area contributed by atoms with Gasteiger partial charge in [-0.3, -0.25) is 0 Å². The monoisotopic (exact) mass is 297 g/mol. The van der Waals surface area contributed by atoms with Crippen LogP contribution in [0.1, 0.15) is 28.1 Å². The van der Waals surface area contributed by atoms with Gasteiger partial charge < -0.3 is 9.84 Å². The van der Waals surface area contributed by atoms with Crippen LogP contribution in [0.15, 0.2) is 18.2 Å². The highest BCUT2D eigenvalue weighted by atomic mass is 35.5. The fourth-order valence-electron chi connectivity index (χ4n) is 1.75. The molecule has 0 fully saturated rings. The van der Waals surface area contributed by atoms with Crippen LogP contribution in [0.2, 0.25) is 5.02 Å². The van der Waals surface area contributed by atoms with E-state index < -0.39 is 0 Å². The molecule has 0 aliphatic carbocycles. The summed E-state index contributed by atoms with van der Waals surface area (Å²) >= 11 is 7.46. The molecule has 1 aromatic carbocycles. The van der Waals surface area contributed by atoms with Gasteiger partial charge in [0.25, 0.3) is 0 Å². The van der Waals surface area contributed by atoms with Crippen LogP contribution in [0.3, 0.4) is 0 Å². The van der Waals surface area contributed by atoms with Crippen molar-refractivity contribution in [3.05, 3.63) is 44.4 Å². The van der Waals surface area contributed by atoms with Crippen molar-refractivity contribution in [1.82, 2.24) is 4.98 Å². The van der Waals surface area contributed by atoms with Crippen molar-refractivity contribution in [1.29, 1.82) is 0 Å². The zero-order valence-electron chi connectivity index (χ0n) is 10.9. The minimum atomic E-state index is 0.0426. The highest BCUT2D eigenvalue weighted by Gasteiger charge is 2.09. The van der Waals surface area contributed by atoms with E-state index in [9.17, 15) is 5.11 Å². The summed E-state index contributed by atoms with van der Waals surface area (Å²) in [6, 6.07) is 5.57. The molecule has 1 aromatic heterocycles. The van der Waals surface area contributed by atoms with Crippen LogP contribution in [-0.4, -0.2) is 10.1 Å². The van der Waals surface area contributed by atoms with E-state index in [1.54, 1.807) is 0 Å². The first-order valence-corrected chi connectivity index (χ1v) is 7.30. The number of rotatable bonds is 5. The third-order valence-electron chi connectivity index (χ3n) is 2.79. The van der Waals surface area contributed by atoms with Gasteiger partial charge in [-0.25, -0.2) is 4.98 Å². The van der Waals surface area contributed by atoms with Crippen LogP contribution < -0.4 is 4.74 Å². The molecule has 0 bridgehead atoms.